The van der Waals surface area contributed by atoms with Gasteiger partial charge < -0.3 is 14.9 Å². The van der Waals surface area contributed by atoms with E-state index in [0.717, 1.165) is 5.69 Å². The zero-order valence-corrected chi connectivity index (χ0v) is 15.2. The molecule has 0 saturated carbocycles. The largest absolute Gasteiger partial charge is 0.481 e. The maximum absolute atomic E-state index is 12.5. The van der Waals surface area contributed by atoms with E-state index < -0.39 is 17.4 Å². The van der Waals surface area contributed by atoms with Gasteiger partial charge in [0.1, 0.15) is 0 Å². The average molecular weight is 359 g/mol. The van der Waals surface area contributed by atoms with Gasteiger partial charge in [-0.05, 0) is 25.0 Å². The van der Waals surface area contributed by atoms with Crippen LogP contribution in [0.1, 0.15) is 19.3 Å². The van der Waals surface area contributed by atoms with E-state index in [-0.39, 0.29) is 24.8 Å². The first kappa shape index (κ1) is 18.4. The molecule has 1 unspecified atom stereocenters. The number of carboxylic acid groups (broad SMARTS) is 1. The highest BCUT2D eigenvalue weighted by atomic mass is 16.4. The van der Waals surface area contributed by atoms with Crippen molar-refractivity contribution in [3.8, 4) is 0 Å². The highest BCUT2D eigenvalue weighted by Crippen LogP contribution is 2.42. The van der Waals surface area contributed by atoms with Crippen molar-refractivity contribution in [3.63, 3.8) is 0 Å². The number of carbonyl (C=O) groups is 3. The molecular formula is C19H25N3O4. The number of carboxylic acids is 1. The number of hydrogen-bond donors (Lipinski definition) is 1. The number of para-hydroxylation sites is 1. The molecule has 2 saturated heterocycles. The second-order valence-electron chi connectivity index (χ2n) is 7.22. The molecule has 1 aromatic carbocycles. The number of nitrogens with zero attached hydrogens (tertiary/aromatic N) is 3. The number of hydrogen-bond acceptors (Lipinski definition) is 4. The van der Waals surface area contributed by atoms with Crippen LogP contribution in [0.15, 0.2) is 30.3 Å². The van der Waals surface area contributed by atoms with Crippen LogP contribution in [0.25, 0.3) is 0 Å². The molecule has 2 amide bonds. The molecule has 3 rings (SSSR count). The minimum absolute atomic E-state index is 0.00205. The Morgan fingerprint density at radius 1 is 1.23 bits per heavy atom. The van der Waals surface area contributed by atoms with Crippen molar-refractivity contribution in [2.75, 3.05) is 38.6 Å². The molecule has 1 aromatic rings. The zero-order valence-electron chi connectivity index (χ0n) is 15.2. The number of rotatable bonds is 4. The van der Waals surface area contributed by atoms with E-state index in [2.05, 4.69) is 0 Å². The van der Waals surface area contributed by atoms with Crippen molar-refractivity contribution in [2.24, 2.45) is 5.92 Å². The number of anilines is 1. The van der Waals surface area contributed by atoms with E-state index in [0.29, 0.717) is 25.9 Å². The Balaban J connectivity index is 1.62. The van der Waals surface area contributed by atoms with Crippen molar-refractivity contribution in [1.29, 1.82) is 0 Å². The van der Waals surface area contributed by atoms with Gasteiger partial charge in [-0.25, -0.2) is 0 Å². The molecule has 7 nitrogen and oxygen atoms in total. The van der Waals surface area contributed by atoms with E-state index in [1.54, 1.807) is 23.9 Å². The molecular weight excluding hydrogens is 334 g/mol. The van der Waals surface area contributed by atoms with Crippen LogP contribution in [0.5, 0.6) is 0 Å². The third-order valence-electron chi connectivity index (χ3n) is 5.97. The van der Waals surface area contributed by atoms with E-state index in [9.17, 15) is 19.5 Å². The molecule has 1 spiro atoms. The van der Waals surface area contributed by atoms with Gasteiger partial charge in [0.15, 0.2) is 0 Å². The summed E-state index contributed by atoms with van der Waals surface area (Å²) in [6.45, 7) is 1.50. The van der Waals surface area contributed by atoms with Crippen molar-refractivity contribution in [1.82, 2.24) is 9.80 Å². The van der Waals surface area contributed by atoms with Gasteiger partial charge in [-0.15, -0.1) is 0 Å². The maximum atomic E-state index is 12.5. The third-order valence-corrected chi connectivity index (χ3v) is 5.97. The summed E-state index contributed by atoms with van der Waals surface area (Å²) in [7, 11) is 3.46. The van der Waals surface area contributed by atoms with Crippen molar-refractivity contribution in [2.45, 2.75) is 24.8 Å². The van der Waals surface area contributed by atoms with Crippen LogP contribution >= 0.6 is 0 Å². The van der Waals surface area contributed by atoms with E-state index in [1.807, 2.05) is 35.2 Å². The molecule has 26 heavy (non-hydrogen) atoms. The Morgan fingerprint density at radius 2 is 1.85 bits per heavy atom. The first-order valence-electron chi connectivity index (χ1n) is 8.88. The molecule has 7 heteroatoms. The number of piperidine rings is 1. The number of likely N-dealkylation sites (tertiary alicyclic amines) is 2. The van der Waals surface area contributed by atoms with Gasteiger partial charge in [0.25, 0.3) is 0 Å². The maximum Gasteiger partial charge on any atom is 0.309 e. The smallest absolute Gasteiger partial charge is 0.309 e. The molecule has 1 atom stereocenters. The Labute approximate surface area is 153 Å². The Kier molecular flexibility index (Phi) is 5.00. The summed E-state index contributed by atoms with van der Waals surface area (Å²) >= 11 is 0. The highest BCUT2D eigenvalue weighted by Gasteiger charge is 2.55. The van der Waals surface area contributed by atoms with Gasteiger partial charge in [-0.2, -0.15) is 0 Å². The fourth-order valence-electron chi connectivity index (χ4n) is 4.18. The zero-order chi connectivity index (χ0) is 18.9. The van der Waals surface area contributed by atoms with Crippen LogP contribution in [-0.2, 0) is 14.4 Å². The van der Waals surface area contributed by atoms with Gasteiger partial charge in [0.05, 0.1) is 18.0 Å². The summed E-state index contributed by atoms with van der Waals surface area (Å²) in [6, 6.07) is 9.47. The summed E-state index contributed by atoms with van der Waals surface area (Å²) in [5, 5.41) is 9.52. The van der Waals surface area contributed by atoms with Gasteiger partial charge in [-0.1, -0.05) is 18.2 Å². The van der Waals surface area contributed by atoms with E-state index >= 15 is 0 Å². The SMILES string of the molecule is CN(C(=O)CN1CCC2(CC1)C(C(=O)O)CC(=O)N2C)c1ccccc1. The fraction of sp³-hybridized carbons (Fsp3) is 0.526. The van der Waals surface area contributed by atoms with Crippen LogP contribution in [0, 0.1) is 5.92 Å². The van der Waals surface area contributed by atoms with Crippen LogP contribution in [0.3, 0.4) is 0 Å². The predicted molar refractivity (Wildman–Crippen MR) is 96.8 cm³/mol. The second-order valence-corrected chi connectivity index (χ2v) is 7.22. The Bertz CT molecular complexity index is 698. The fourth-order valence-corrected chi connectivity index (χ4v) is 4.18. The molecule has 0 bridgehead atoms. The summed E-state index contributed by atoms with van der Waals surface area (Å²) in [5.41, 5.74) is 0.228. The molecule has 2 aliphatic heterocycles. The number of amides is 2. The summed E-state index contributed by atoms with van der Waals surface area (Å²) in [6.07, 6.45) is 1.23. The first-order chi connectivity index (χ1) is 12.3. The number of benzene rings is 1. The quantitative estimate of drug-likeness (QED) is 0.869. The van der Waals surface area contributed by atoms with Gasteiger partial charge >= 0.3 is 5.97 Å². The van der Waals surface area contributed by atoms with E-state index in [4.69, 9.17) is 0 Å². The summed E-state index contributed by atoms with van der Waals surface area (Å²) in [4.78, 5) is 41.5. The van der Waals surface area contributed by atoms with Crippen LogP contribution in [0.2, 0.25) is 0 Å². The summed E-state index contributed by atoms with van der Waals surface area (Å²) < 4.78 is 0. The molecule has 2 fully saturated rings. The number of likely N-dealkylation sites (N-methyl/N-ethyl adjacent to an activating group) is 1. The highest BCUT2D eigenvalue weighted by molar-refractivity contribution is 5.94. The molecule has 2 aliphatic rings. The lowest BCUT2D eigenvalue weighted by atomic mass is 9.77. The molecule has 0 radical (unpaired) electrons. The third kappa shape index (κ3) is 3.19. The Morgan fingerprint density at radius 3 is 2.42 bits per heavy atom. The second kappa shape index (κ2) is 7.07. The van der Waals surface area contributed by atoms with Crippen molar-refractivity contribution < 1.29 is 19.5 Å². The normalized spacial score (nSPS) is 22.6. The van der Waals surface area contributed by atoms with Gasteiger partial charge in [-0.3, -0.25) is 19.3 Å². The predicted octanol–water partition coefficient (Wildman–Crippen LogP) is 1.05. The summed E-state index contributed by atoms with van der Waals surface area (Å²) in [5.74, 6) is -1.68. The monoisotopic (exact) mass is 359 g/mol. The van der Waals surface area contributed by atoms with Crippen molar-refractivity contribution >= 4 is 23.5 Å². The average Bonchev–Trinajstić information content (AvgIpc) is 2.89. The lowest BCUT2D eigenvalue weighted by Crippen LogP contribution is -2.57. The molecule has 2 heterocycles. The first-order valence-corrected chi connectivity index (χ1v) is 8.88. The molecule has 140 valence electrons. The standard InChI is InChI=1S/C19H25N3O4/c1-20(14-6-4-3-5-7-14)17(24)13-22-10-8-19(9-11-22)15(18(25)26)12-16(23)21(19)2/h3-7,15H,8-13H2,1-2H3,(H,25,26). The van der Waals surface area contributed by atoms with Crippen LogP contribution < -0.4 is 4.90 Å². The minimum atomic E-state index is -0.906. The number of carbonyl (C=O) groups excluding carboxylic acids is 2. The van der Waals surface area contributed by atoms with Gasteiger partial charge in [0, 0.05) is 39.3 Å². The molecule has 1 N–H and O–H groups in total. The molecule has 0 aliphatic carbocycles. The molecule has 0 aromatic heterocycles. The lowest BCUT2D eigenvalue weighted by Gasteiger charge is -2.45. The van der Waals surface area contributed by atoms with Crippen molar-refractivity contribution in [3.05, 3.63) is 30.3 Å². The number of aliphatic carboxylic acids is 1. The van der Waals surface area contributed by atoms with Gasteiger partial charge in [0.2, 0.25) is 11.8 Å². The van der Waals surface area contributed by atoms with Crippen LogP contribution in [0.4, 0.5) is 5.69 Å². The van der Waals surface area contributed by atoms with Crippen LogP contribution in [-0.4, -0.2) is 72.0 Å². The van der Waals surface area contributed by atoms with E-state index in [1.165, 1.54) is 0 Å². The topological polar surface area (TPSA) is 81.2 Å². The minimum Gasteiger partial charge on any atom is -0.481 e. The Hall–Kier alpha value is -2.41. The lowest BCUT2D eigenvalue weighted by molar-refractivity contribution is -0.146.